The molecule has 3 nitrogen and oxygen atoms in total. The largest absolute Gasteiger partial charge is 0.347 e. The van der Waals surface area contributed by atoms with Gasteiger partial charge in [0, 0.05) is 25.3 Å². The molecule has 0 aromatic heterocycles. The van der Waals surface area contributed by atoms with E-state index >= 15 is 0 Å². The highest BCUT2D eigenvalue weighted by atomic mass is 35.5. The first-order valence-electron chi connectivity index (χ1n) is 6.95. The van der Waals surface area contributed by atoms with Gasteiger partial charge in [-0.3, -0.25) is 0 Å². The van der Waals surface area contributed by atoms with Crippen LogP contribution in [0.25, 0.3) is 0 Å². The lowest BCUT2D eigenvalue weighted by molar-refractivity contribution is 0.310. The topological polar surface area (TPSA) is 18.5 Å². The molecule has 1 rings (SSSR count). The van der Waals surface area contributed by atoms with E-state index in [0.29, 0.717) is 16.7 Å². The molecule has 0 fully saturated rings. The summed E-state index contributed by atoms with van der Waals surface area (Å²) >= 11 is 11.2. The van der Waals surface area contributed by atoms with Gasteiger partial charge in [-0.2, -0.15) is 0 Å². The highest BCUT2D eigenvalue weighted by molar-refractivity contribution is 7.80. The molecule has 0 amide bonds. The quantitative estimate of drug-likeness (QED) is 0.801. The number of halogens is 2. The fourth-order valence-corrected chi connectivity index (χ4v) is 2.28. The number of hydrogen-bond donors (Lipinski definition) is 1. The number of thiocarbonyl (C=S) groups is 1. The lowest BCUT2D eigenvalue weighted by atomic mass is 10.2. The third-order valence-corrected chi connectivity index (χ3v) is 3.51. The van der Waals surface area contributed by atoms with Crippen LogP contribution in [0.2, 0.25) is 5.02 Å². The average molecular weight is 332 g/mol. The lowest BCUT2D eigenvalue weighted by Gasteiger charge is -2.28. The maximum absolute atomic E-state index is 13.2. The highest BCUT2D eigenvalue weighted by Crippen LogP contribution is 2.19. The molecule has 6 heteroatoms. The molecule has 1 aromatic carbocycles. The predicted molar refractivity (Wildman–Crippen MR) is 92.6 cm³/mol. The van der Waals surface area contributed by atoms with E-state index in [1.54, 1.807) is 12.1 Å². The van der Waals surface area contributed by atoms with Gasteiger partial charge in [-0.05, 0) is 50.4 Å². The van der Waals surface area contributed by atoms with E-state index in [-0.39, 0.29) is 5.02 Å². The van der Waals surface area contributed by atoms with Gasteiger partial charge in [0.25, 0.3) is 0 Å². The summed E-state index contributed by atoms with van der Waals surface area (Å²) in [6, 6.07) is 4.51. The van der Waals surface area contributed by atoms with Gasteiger partial charge < -0.3 is 15.1 Å². The van der Waals surface area contributed by atoms with Crippen LogP contribution in [0.3, 0.4) is 0 Å². The van der Waals surface area contributed by atoms with Gasteiger partial charge in [-0.15, -0.1) is 0 Å². The molecule has 0 bridgehead atoms. The Morgan fingerprint density at radius 3 is 2.52 bits per heavy atom. The monoisotopic (exact) mass is 331 g/mol. The number of benzene rings is 1. The summed E-state index contributed by atoms with van der Waals surface area (Å²) in [6.45, 7) is 6.93. The zero-order chi connectivity index (χ0) is 16.0. The van der Waals surface area contributed by atoms with Crippen molar-refractivity contribution in [3.63, 3.8) is 0 Å². The number of likely N-dealkylation sites (N-methyl/N-ethyl adjacent to an activating group) is 1. The first-order valence-corrected chi connectivity index (χ1v) is 7.74. The lowest BCUT2D eigenvalue weighted by Crippen LogP contribution is -2.41. The van der Waals surface area contributed by atoms with Crippen molar-refractivity contribution in [2.24, 2.45) is 5.92 Å². The summed E-state index contributed by atoms with van der Waals surface area (Å²) in [7, 11) is 4.06. The highest BCUT2D eigenvalue weighted by Gasteiger charge is 2.12. The molecule has 0 aliphatic heterocycles. The first kappa shape index (κ1) is 18.1. The van der Waals surface area contributed by atoms with Crippen LogP contribution in [-0.4, -0.2) is 48.6 Å². The maximum atomic E-state index is 13.2. The summed E-state index contributed by atoms with van der Waals surface area (Å²) in [6.07, 6.45) is 0. The van der Waals surface area contributed by atoms with Crippen LogP contribution in [0.4, 0.5) is 10.1 Å². The fourth-order valence-electron chi connectivity index (χ4n) is 1.81. The summed E-state index contributed by atoms with van der Waals surface area (Å²) in [5.41, 5.74) is 0.699. The third kappa shape index (κ3) is 6.59. The van der Waals surface area contributed by atoms with Crippen molar-refractivity contribution in [1.82, 2.24) is 9.80 Å². The Bertz CT molecular complexity index is 480. The first-order chi connectivity index (χ1) is 9.79. The summed E-state index contributed by atoms with van der Waals surface area (Å²) in [4.78, 5) is 4.24. The molecule has 0 radical (unpaired) electrons. The van der Waals surface area contributed by atoms with Crippen LogP contribution in [-0.2, 0) is 0 Å². The summed E-state index contributed by atoms with van der Waals surface area (Å²) in [5, 5.41) is 3.85. The van der Waals surface area contributed by atoms with Crippen LogP contribution in [0.5, 0.6) is 0 Å². The Hall–Kier alpha value is -0.910. The van der Waals surface area contributed by atoms with E-state index < -0.39 is 5.82 Å². The molecule has 0 heterocycles. The van der Waals surface area contributed by atoms with E-state index in [1.165, 1.54) is 6.07 Å². The van der Waals surface area contributed by atoms with Crippen LogP contribution in [0.15, 0.2) is 18.2 Å². The Morgan fingerprint density at radius 1 is 1.33 bits per heavy atom. The number of nitrogens with zero attached hydrogens (tertiary/aromatic N) is 2. The van der Waals surface area contributed by atoms with E-state index in [2.05, 4.69) is 29.0 Å². The molecule has 0 spiro atoms. The minimum absolute atomic E-state index is 0.0894. The number of nitrogens with one attached hydrogen (secondary N) is 1. The summed E-state index contributed by atoms with van der Waals surface area (Å²) < 4.78 is 13.2. The molecule has 1 N–H and O–H groups in total. The minimum Gasteiger partial charge on any atom is -0.347 e. The van der Waals surface area contributed by atoms with E-state index in [9.17, 15) is 4.39 Å². The van der Waals surface area contributed by atoms with Gasteiger partial charge in [0.1, 0.15) is 5.82 Å². The molecule has 1 aromatic rings. The Balaban J connectivity index is 2.72. The third-order valence-electron chi connectivity index (χ3n) is 2.86. The van der Waals surface area contributed by atoms with Gasteiger partial charge in [0.15, 0.2) is 5.11 Å². The van der Waals surface area contributed by atoms with Gasteiger partial charge in [0.2, 0.25) is 0 Å². The second-order valence-electron chi connectivity index (χ2n) is 5.70. The molecule has 0 atom stereocenters. The zero-order valence-corrected chi connectivity index (χ0v) is 14.6. The molecule has 0 aliphatic rings. The average Bonchev–Trinajstić information content (AvgIpc) is 2.38. The Labute approximate surface area is 137 Å². The van der Waals surface area contributed by atoms with Crippen LogP contribution >= 0.6 is 23.8 Å². The molecular weight excluding hydrogens is 309 g/mol. The van der Waals surface area contributed by atoms with Crippen molar-refractivity contribution in [2.45, 2.75) is 13.8 Å². The van der Waals surface area contributed by atoms with Gasteiger partial charge in [-0.1, -0.05) is 25.4 Å². The number of hydrogen-bond acceptors (Lipinski definition) is 2. The zero-order valence-electron chi connectivity index (χ0n) is 13.0. The molecule has 0 unspecified atom stereocenters. The number of anilines is 1. The van der Waals surface area contributed by atoms with Gasteiger partial charge in [0.05, 0.1) is 5.02 Å². The van der Waals surface area contributed by atoms with Gasteiger partial charge >= 0.3 is 0 Å². The van der Waals surface area contributed by atoms with Crippen molar-refractivity contribution in [3.05, 3.63) is 29.0 Å². The minimum atomic E-state index is -0.431. The smallest absolute Gasteiger partial charge is 0.173 e. The molecule has 0 saturated heterocycles. The van der Waals surface area contributed by atoms with Crippen molar-refractivity contribution in [3.8, 4) is 0 Å². The molecule has 21 heavy (non-hydrogen) atoms. The Morgan fingerprint density at radius 2 is 2.00 bits per heavy atom. The predicted octanol–water partition coefficient (Wildman–Crippen LogP) is 3.70. The van der Waals surface area contributed by atoms with Crippen LogP contribution in [0, 0.1) is 11.7 Å². The standard InChI is InChI=1S/C15H23ClFN3S/c1-11(2)10-20(8-7-19(3)4)15(21)18-12-5-6-14(17)13(16)9-12/h5-6,9,11H,7-8,10H2,1-4H3,(H,18,21). The number of rotatable bonds is 6. The van der Waals surface area contributed by atoms with E-state index in [0.717, 1.165) is 19.6 Å². The van der Waals surface area contributed by atoms with E-state index in [1.807, 2.05) is 14.1 Å². The van der Waals surface area contributed by atoms with Crippen LogP contribution in [0.1, 0.15) is 13.8 Å². The van der Waals surface area contributed by atoms with E-state index in [4.69, 9.17) is 23.8 Å². The van der Waals surface area contributed by atoms with Crippen molar-refractivity contribution >= 4 is 34.6 Å². The Kier molecular flexibility index (Phi) is 7.35. The summed E-state index contributed by atoms with van der Waals surface area (Å²) in [5.74, 6) is 0.0727. The molecule has 118 valence electrons. The fraction of sp³-hybridized carbons (Fsp3) is 0.533. The molecular formula is C15H23ClFN3S. The second kappa shape index (κ2) is 8.51. The maximum Gasteiger partial charge on any atom is 0.173 e. The SMILES string of the molecule is CC(C)CN(CCN(C)C)C(=S)Nc1ccc(F)c(Cl)c1. The molecule has 0 aliphatic carbocycles. The van der Waals surface area contributed by atoms with Crippen LogP contribution < -0.4 is 5.32 Å². The molecule has 0 saturated carbocycles. The van der Waals surface area contributed by atoms with Gasteiger partial charge in [-0.25, -0.2) is 4.39 Å². The normalized spacial score (nSPS) is 11.0. The second-order valence-corrected chi connectivity index (χ2v) is 6.50. The van der Waals surface area contributed by atoms with Crippen molar-refractivity contribution in [2.75, 3.05) is 39.0 Å². The van der Waals surface area contributed by atoms with Crippen molar-refractivity contribution in [1.29, 1.82) is 0 Å². The van der Waals surface area contributed by atoms with Crippen molar-refractivity contribution < 1.29 is 4.39 Å².